The number of esters is 1. The van der Waals surface area contributed by atoms with Crippen LogP contribution < -0.4 is 5.32 Å². The van der Waals surface area contributed by atoms with E-state index in [4.69, 9.17) is 9.15 Å². The Morgan fingerprint density at radius 2 is 2.62 bits per heavy atom. The van der Waals surface area contributed by atoms with E-state index in [1.807, 2.05) is 6.07 Å². The number of rotatable bonds is 1. The summed E-state index contributed by atoms with van der Waals surface area (Å²) in [5.41, 5.74) is 0.950. The molecule has 0 spiro atoms. The SMILES string of the molecule is COC(=O)C1CNCc2occc21. The summed E-state index contributed by atoms with van der Waals surface area (Å²) < 4.78 is 9.91. The number of hydrogen-bond acceptors (Lipinski definition) is 4. The number of ether oxygens (including phenoxy) is 1. The Labute approximate surface area is 75.9 Å². The van der Waals surface area contributed by atoms with Crippen molar-refractivity contribution < 1.29 is 13.9 Å². The zero-order valence-corrected chi connectivity index (χ0v) is 7.37. The van der Waals surface area contributed by atoms with E-state index >= 15 is 0 Å². The van der Waals surface area contributed by atoms with E-state index in [1.54, 1.807) is 6.26 Å². The molecule has 1 aliphatic heterocycles. The van der Waals surface area contributed by atoms with Gasteiger partial charge in [-0.05, 0) is 6.07 Å². The third-order valence-electron chi connectivity index (χ3n) is 2.28. The van der Waals surface area contributed by atoms with Crippen molar-refractivity contribution in [2.45, 2.75) is 12.5 Å². The smallest absolute Gasteiger partial charge is 0.314 e. The average Bonchev–Trinajstić information content (AvgIpc) is 2.63. The van der Waals surface area contributed by atoms with Crippen LogP contribution in [0.4, 0.5) is 0 Å². The number of nitrogens with one attached hydrogen (secondary N) is 1. The van der Waals surface area contributed by atoms with Crippen molar-refractivity contribution in [3.8, 4) is 0 Å². The molecule has 1 atom stereocenters. The van der Waals surface area contributed by atoms with Crippen molar-refractivity contribution in [1.82, 2.24) is 5.32 Å². The molecule has 13 heavy (non-hydrogen) atoms. The van der Waals surface area contributed by atoms with Crippen molar-refractivity contribution in [2.75, 3.05) is 13.7 Å². The number of carbonyl (C=O) groups excluding carboxylic acids is 1. The van der Waals surface area contributed by atoms with Gasteiger partial charge in [0.1, 0.15) is 5.76 Å². The Morgan fingerprint density at radius 1 is 1.77 bits per heavy atom. The molecule has 0 saturated carbocycles. The van der Waals surface area contributed by atoms with E-state index in [9.17, 15) is 4.79 Å². The summed E-state index contributed by atoms with van der Waals surface area (Å²) in [6.07, 6.45) is 1.60. The van der Waals surface area contributed by atoms with Crippen molar-refractivity contribution in [3.63, 3.8) is 0 Å². The standard InChI is InChI=1S/C9H11NO3/c1-12-9(11)7-4-10-5-8-6(7)2-3-13-8/h2-3,7,10H,4-5H2,1H3. The molecule has 0 bridgehead atoms. The number of carbonyl (C=O) groups is 1. The zero-order valence-electron chi connectivity index (χ0n) is 7.37. The van der Waals surface area contributed by atoms with E-state index < -0.39 is 0 Å². The van der Waals surface area contributed by atoms with Gasteiger partial charge >= 0.3 is 5.97 Å². The molecule has 0 fully saturated rings. The van der Waals surface area contributed by atoms with E-state index in [2.05, 4.69) is 5.32 Å². The van der Waals surface area contributed by atoms with Crippen LogP contribution in [0.15, 0.2) is 16.7 Å². The monoisotopic (exact) mass is 181 g/mol. The lowest BCUT2D eigenvalue weighted by molar-refractivity contribution is -0.142. The lowest BCUT2D eigenvalue weighted by Gasteiger charge is -2.19. The molecular formula is C9H11NO3. The first-order valence-corrected chi connectivity index (χ1v) is 4.17. The van der Waals surface area contributed by atoms with Gasteiger partial charge in [-0.25, -0.2) is 0 Å². The van der Waals surface area contributed by atoms with Crippen LogP contribution >= 0.6 is 0 Å². The summed E-state index contributed by atoms with van der Waals surface area (Å²) in [7, 11) is 1.40. The van der Waals surface area contributed by atoms with Crippen LogP contribution in [-0.2, 0) is 16.1 Å². The van der Waals surface area contributed by atoms with Gasteiger partial charge in [0.2, 0.25) is 0 Å². The molecule has 70 valence electrons. The first-order valence-electron chi connectivity index (χ1n) is 4.17. The minimum Gasteiger partial charge on any atom is -0.469 e. The van der Waals surface area contributed by atoms with Crippen LogP contribution in [0.25, 0.3) is 0 Å². The van der Waals surface area contributed by atoms with Crippen molar-refractivity contribution in [3.05, 3.63) is 23.7 Å². The van der Waals surface area contributed by atoms with Gasteiger partial charge in [0.05, 0.1) is 25.8 Å². The maximum Gasteiger partial charge on any atom is 0.314 e. The zero-order chi connectivity index (χ0) is 9.26. The van der Waals surface area contributed by atoms with Gasteiger partial charge in [-0.3, -0.25) is 4.79 Å². The number of methoxy groups -OCH3 is 1. The third kappa shape index (κ3) is 1.33. The number of furan rings is 1. The van der Waals surface area contributed by atoms with Gasteiger partial charge in [-0.1, -0.05) is 0 Å². The lowest BCUT2D eigenvalue weighted by Crippen LogP contribution is -2.32. The molecule has 0 amide bonds. The molecule has 4 nitrogen and oxygen atoms in total. The van der Waals surface area contributed by atoms with E-state index in [0.717, 1.165) is 11.3 Å². The molecular weight excluding hydrogens is 170 g/mol. The molecule has 1 N–H and O–H groups in total. The summed E-state index contributed by atoms with van der Waals surface area (Å²) in [6, 6.07) is 1.83. The maximum absolute atomic E-state index is 11.3. The van der Waals surface area contributed by atoms with Crippen LogP contribution in [0, 0.1) is 0 Å². The minimum atomic E-state index is -0.215. The molecule has 0 radical (unpaired) electrons. The fraction of sp³-hybridized carbons (Fsp3) is 0.444. The first kappa shape index (κ1) is 8.31. The fourth-order valence-corrected chi connectivity index (χ4v) is 1.60. The van der Waals surface area contributed by atoms with Crippen LogP contribution in [-0.4, -0.2) is 19.6 Å². The van der Waals surface area contributed by atoms with E-state index in [0.29, 0.717) is 13.1 Å². The molecule has 1 aromatic rings. The Morgan fingerprint density at radius 3 is 3.38 bits per heavy atom. The van der Waals surface area contributed by atoms with Crippen molar-refractivity contribution in [2.24, 2.45) is 0 Å². The van der Waals surface area contributed by atoms with E-state index in [1.165, 1.54) is 7.11 Å². The number of hydrogen-bond donors (Lipinski definition) is 1. The molecule has 2 heterocycles. The normalized spacial score (nSPS) is 20.8. The predicted octanol–water partition coefficient (Wildman–Crippen LogP) is 0.639. The second-order valence-electron chi connectivity index (χ2n) is 3.01. The lowest BCUT2D eigenvalue weighted by atomic mass is 9.97. The van der Waals surface area contributed by atoms with Gasteiger partial charge in [-0.2, -0.15) is 0 Å². The number of fused-ring (bicyclic) bond motifs is 1. The average molecular weight is 181 g/mol. The summed E-state index contributed by atoms with van der Waals surface area (Å²) in [4.78, 5) is 11.3. The van der Waals surface area contributed by atoms with Gasteiger partial charge in [-0.15, -0.1) is 0 Å². The molecule has 1 aliphatic rings. The van der Waals surface area contributed by atoms with Gasteiger partial charge in [0.25, 0.3) is 0 Å². The fourth-order valence-electron chi connectivity index (χ4n) is 1.60. The highest BCUT2D eigenvalue weighted by Gasteiger charge is 2.28. The second kappa shape index (κ2) is 3.22. The van der Waals surface area contributed by atoms with Gasteiger partial charge < -0.3 is 14.5 Å². The summed E-state index contributed by atoms with van der Waals surface area (Å²) in [5.74, 6) is 0.406. The Kier molecular flexibility index (Phi) is 2.06. The van der Waals surface area contributed by atoms with E-state index in [-0.39, 0.29) is 11.9 Å². The van der Waals surface area contributed by atoms with Crippen LogP contribution in [0.1, 0.15) is 17.2 Å². The van der Waals surface area contributed by atoms with Crippen molar-refractivity contribution in [1.29, 1.82) is 0 Å². The minimum absolute atomic E-state index is 0.213. The highest BCUT2D eigenvalue weighted by molar-refractivity contribution is 5.79. The largest absolute Gasteiger partial charge is 0.469 e. The Hall–Kier alpha value is -1.29. The van der Waals surface area contributed by atoms with Gasteiger partial charge in [0, 0.05) is 12.1 Å². The second-order valence-corrected chi connectivity index (χ2v) is 3.01. The molecule has 0 aromatic carbocycles. The third-order valence-corrected chi connectivity index (χ3v) is 2.28. The molecule has 2 rings (SSSR count). The quantitative estimate of drug-likeness (QED) is 0.646. The van der Waals surface area contributed by atoms with Gasteiger partial charge in [0.15, 0.2) is 0 Å². The highest BCUT2D eigenvalue weighted by Crippen LogP contribution is 2.25. The summed E-state index contributed by atoms with van der Waals surface area (Å²) >= 11 is 0. The van der Waals surface area contributed by atoms with Crippen LogP contribution in [0.2, 0.25) is 0 Å². The Balaban J connectivity index is 2.30. The molecule has 0 aliphatic carbocycles. The molecule has 1 aromatic heterocycles. The molecule has 1 unspecified atom stereocenters. The highest BCUT2D eigenvalue weighted by atomic mass is 16.5. The predicted molar refractivity (Wildman–Crippen MR) is 45.2 cm³/mol. The maximum atomic E-state index is 11.3. The first-order chi connectivity index (χ1) is 6.33. The van der Waals surface area contributed by atoms with Crippen molar-refractivity contribution >= 4 is 5.97 Å². The Bertz CT molecular complexity index is 318. The summed E-state index contributed by atoms with van der Waals surface area (Å²) in [6.45, 7) is 1.31. The van der Waals surface area contributed by atoms with Crippen LogP contribution in [0.5, 0.6) is 0 Å². The summed E-state index contributed by atoms with van der Waals surface area (Å²) in [5, 5.41) is 3.10. The molecule has 0 saturated heterocycles. The van der Waals surface area contributed by atoms with Crippen LogP contribution in [0.3, 0.4) is 0 Å². The topological polar surface area (TPSA) is 51.5 Å². The molecule has 4 heteroatoms.